The van der Waals surface area contributed by atoms with Gasteiger partial charge in [-0.05, 0) is 31.5 Å². The summed E-state index contributed by atoms with van der Waals surface area (Å²) in [6, 6.07) is 17.5. The van der Waals surface area contributed by atoms with E-state index >= 15 is 0 Å². The number of imidazole rings is 1. The van der Waals surface area contributed by atoms with Gasteiger partial charge in [0.25, 0.3) is 5.91 Å². The van der Waals surface area contributed by atoms with Gasteiger partial charge in [-0.15, -0.1) is 11.3 Å². The van der Waals surface area contributed by atoms with Crippen molar-refractivity contribution in [2.75, 3.05) is 5.32 Å². The average molecular weight is 377 g/mol. The third kappa shape index (κ3) is 3.57. The topological polar surface area (TPSA) is 55.6 Å². The zero-order valence-corrected chi connectivity index (χ0v) is 15.9. The molecule has 1 N–H and O–H groups in total. The van der Waals surface area contributed by atoms with Crippen LogP contribution in [-0.4, -0.2) is 21.4 Å². The van der Waals surface area contributed by atoms with E-state index in [4.69, 9.17) is 4.74 Å². The first kappa shape index (κ1) is 17.3. The number of ether oxygens (including phenoxy) is 1. The molecule has 4 aromatic rings. The Labute approximate surface area is 161 Å². The monoisotopic (exact) mass is 377 g/mol. The summed E-state index contributed by atoms with van der Waals surface area (Å²) in [5, 5.41) is 4.94. The lowest BCUT2D eigenvalue weighted by molar-refractivity contribution is -0.122. The largest absolute Gasteiger partial charge is 0.481 e. The summed E-state index contributed by atoms with van der Waals surface area (Å²) in [6.07, 6.45) is 1.26. The number of thiazole rings is 1. The van der Waals surface area contributed by atoms with Crippen molar-refractivity contribution >= 4 is 28.0 Å². The van der Waals surface area contributed by atoms with Crippen LogP contribution in [0.15, 0.2) is 66.2 Å². The molecule has 0 saturated carbocycles. The van der Waals surface area contributed by atoms with Gasteiger partial charge in [-0.1, -0.05) is 42.5 Å². The molecular weight excluding hydrogens is 358 g/mol. The molecule has 2 heterocycles. The highest BCUT2D eigenvalue weighted by Crippen LogP contribution is 2.30. The van der Waals surface area contributed by atoms with E-state index in [2.05, 4.69) is 10.3 Å². The summed E-state index contributed by atoms with van der Waals surface area (Å²) < 4.78 is 7.70. The quantitative estimate of drug-likeness (QED) is 0.545. The average Bonchev–Trinajstić information content (AvgIpc) is 3.25. The van der Waals surface area contributed by atoms with Crippen molar-refractivity contribution in [2.24, 2.45) is 0 Å². The number of amides is 1. The van der Waals surface area contributed by atoms with Gasteiger partial charge in [-0.3, -0.25) is 9.20 Å². The van der Waals surface area contributed by atoms with Crippen LogP contribution in [0.5, 0.6) is 5.75 Å². The Balaban J connectivity index is 1.61. The molecule has 1 amide bonds. The maximum absolute atomic E-state index is 12.8. The van der Waals surface area contributed by atoms with E-state index in [1.807, 2.05) is 77.5 Å². The fraction of sp³-hybridized carbons (Fsp3) is 0.143. The number of hydrogen-bond donors (Lipinski definition) is 1. The summed E-state index contributed by atoms with van der Waals surface area (Å²) in [5.74, 6) is 1.11. The number of benzene rings is 2. The Kier molecular flexibility index (Phi) is 4.64. The van der Waals surface area contributed by atoms with E-state index in [9.17, 15) is 4.79 Å². The number of nitrogens with zero attached hydrogens (tertiary/aromatic N) is 2. The molecular formula is C21H19N3O2S. The number of carbonyl (C=O) groups excluding carboxylic acids is 1. The van der Waals surface area contributed by atoms with Crippen LogP contribution in [0.4, 0.5) is 5.82 Å². The fourth-order valence-electron chi connectivity index (χ4n) is 2.87. The van der Waals surface area contributed by atoms with Crippen LogP contribution in [0, 0.1) is 6.92 Å². The number of rotatable bonds is 5. The van der Waals surface area contributed by atoms with Crippen molar-refractivity contribution in [1.82, 2.24) is 9.38 Å². The maximum Gasteiger partial charge on any atom is 0.266 e. The third-order valence-electron chi connectivity index (χ3n) is 4.22. The van der Waals surface area contributed by atoms with Crippen LogP contribution in [-0.2, 0) is 4.79 Å². The first-order valence-corrected chi connectivity index (χ1v) is 9.55. The Morgan fingerprint density at radius 2 is 2.00 bits per heavy atom. The van der Waals surface area contributed by atoms with Crippen LogP contribution < -0.4 is 10.1 Å². The molecule has 5 nitrogen and oxygen atoms in total. The van der Waals surface area contributed by atoms with Gasteiger partial charge >= 0.3 is 0 Å². The van der Waals surface area contributed by atoms with Crippen LogP contribution in [0.2, 0.25) is 0 Å². The van der Waals surface area contributed by atoms with Gasteiger partial charge in [0.15, 0.2) is 11.1 Å². The summed E-state index contributed by atoms with van der Waals surface area (Å²) in [5.41, 5.74) is 2.79. The molecule has 1 atom stereocenters. The molecule has 0 aliphatic rings. The summed E-state index contributed by atoms with van der Waals surface area (Å²) in [4.78, 5) is 18.3. The normalized spacial score (nSPS) is 12.1. The minimum absolute atomic E-state index is 0.221. The number of aromatic nitrogens is 2. The highest BCUT2D eigenvalue weighted by molar-refractivity contribution is 7.15. The summed E-state index contributed by atoms with van der Waals surface area (Å²) in [7, 11) is 0. The Hall–Kier alpha value is -3.12. The van der Waals surface area contributed by atoms with Crippen LogP contribution in [0.1, 0.15) is 12.5 Å². The Morgan fingerprint density at radius 1 is 1.19 bits per heavy atom. The van der Waals surface area contributed by atoms with Crippen molar-refractivity contribution in [1.29, 1.82) is 0 Å². The summed E-state index contributed by atoms with van der Waals surface area (Å²) in [6.45, 7) is 3.73. The van der Waals surface area contributed by atoms with E-state index in [1.165, 1.54) is 11.3 Å². The van der Waals surface area contributed by atoms with Crippen molar-refractivity contribution < 1.29 is 9.53 Å². The smallest absolute Gasteiger partial charge is 0.266 e. The summed E-state index contributed by atoms with van der Waals surface area (Å²) >= 11 is 1.53. The molecule has 27 heavy (non-hydrogen) atoms. The van der Waals surface area contributed by atoms with Crippen molar-refractivity contribution in [3.8, 4) is 17.0 Å². The second kappa shape index (κ2) is 7.25. The third-order valence-corrected chi connectivity index (χ3v) is 4.98. The van der Waals surface area contributed by atoms with Crippen LogP contribution in [0.3, 0.4) is 0 Å². The van der Waals surface area contributed by atoms with E-state index in [0.717, 1.165) is 21.8 Å². The SMILES string of the molecule is Cc1cccc(O[C@H](C)C(=O)Nc2c(-c3ccccc3)nc3sccn23)c1. The standard InChI is InChI=1S/C21H19N3O2S/c1-14-7-6-10-17(13-14)26-15(2)20(25)23-19-18(16-8-4-3-5-9-16)22-21-24(19)11-12-27-21/h3-13,15H,1-2H3,(H,23,25)/t15-/m1/s1. The first-order chi connectivity index (χ1) is 13.1. The number of fused-ring (bicyclic) bond motifs is 1. The Morgan fingerprint density at radius 3 is 2.78 bits per heavy atom. The highest BCUT2D eigenvalue weighted by atomic mass is 32.1. The lowest BCUT2D eigenvalue weighted by Gasteiger charge is -2.15. The second-order valence-electron chi connectivity index (χ2n) is 6.30. The molecule has 0 fully saturated rings. The van der Waals surface area contributed by atoms with E-state index in [-0.39, 0.29) is 5.91 Å². The van der Waals surface area contributed by atoms with Crippen molar-refractivity contribution in [3.63, 3.8) is 0 Å². The molecule has 0 radical (unpaired) electrons. The molecule has 4 rings (SSSR count). The molecule has 2 aromatic heterocycles. The molecule has 0 aliphatic carbocycles. The molecule has 0 spiro atoms. The minimum Gasteiger partial charge on any atom is -0.481 e. The minimum atomic E-state index is -0.639. The van der Waals surface area contributed by atoms with E-state index in [0.29, 0.717) is 11.6 Å². The van der Waals surface area contributed by atoms with Gasteiger partial charge in [-0.2, -0.15) is 0 Å². The van der Waals surface area contributed by atoms with Gasteiger partial charge in [0.1, 0.15) is 17.3 Å². The van der Waals surface area contributed by atoms with Crippen molar-refractivity contribution in [2.45, 2.75) is 20.0 Å². The first-order valence-electron chi connectivity index (χ1n) is 8.67. The second-order valence-corrected chi connectivity index (χ2v) is 7.17. The number of carbonyl (C=O) groups is 1. The van der Waals surface area contributed by atoms with Crippen LogP contribution in [0.25, 0.3) is 16.2 Å². The highest BCUT2D eigenvalue weighted by Gasteiger charge is 2.21. The van der Waals surface area contributed by atoms with Crippen LogP contribution >= 0.6 is 11.3 Å². The number of aryl methyl sites for hydroxylation is 1. The molecule has 2 aromatic carbocycles. The zero-order chi connectivity index (χ0) is 18.8. The predicted octanol–water partition coefficient (Wildman–Crippen LogP) is 4.78. The lowest BCUT2D eigenvalue weighted by Crippen LogP contribution is -2.30. The zero-order valence-electron chi connectivity index (χ0n) is 15.0. The van der Waals surface area contributed by atoms with Gasteiger partial charge in [-0.25, -0.2) is 4.98 Å². The Bertz CT molecular complexity index is 1090. The predicted molar refractivity (Wildman–Crippen MR) is 108 cm³/mol. The molecule has 0 saturated heterocycles. The fourth-order valence-corrected chi connectivity index (χ4v) is 3.58. The van der Waals surface area contributed by atoms with Crippen molar-refractivity contribution in [3.05, 3.63) is 71.7 Å². The molecule has 6 heteroatoms. The molecule has 0 unspecified atom stereocenters. The van der Waals surface area contributed by atoms with E-state index < -0.39 is 6.10 Å². The lowest BCUT2D eigenvalue weighted by atomic mass is 10.1. The molecule has 0 aliphatic heterocycles. The molecule has 0 bridgehead atoms. The van der Waals surface area contributed by atoms with E-state index in [1.54, 1.807) is 6.92 Å². The number of anilines is 1. The van der Waals surface area contributed by atoms with Gasteiger partial charge < -0.3 is 10.1 Å². The van der Waals surface area contributed by atoms with Gasteiger partial charge in [0, 0.05) is 17.1 Å². The van der Waals surface area contributed by atoms with Gasteiger partial charge in [0.05, 0.1) is 0 Å². The number of hydrogen-bond acceptors (Lipinski definition) is 4. The number of nitrogens with one attached hydrogen (secondary N) is 1. The molecule has 136 valence electrons. The maximum atomic E-state index is 12.8. The van der Waals surface area contributed by atoms with Gasteiger partial charge in [0.2, 0.25) is 0 Å².